The standard InChI is InChI=1S/C7H13N3O3/c1-5-9-7(13-10-5)3-8-2-6(12)4-11/h6,8,11-12H,2-4H2,1H3. The zero-order valence-electron chi connectivity index (χ0n) is 7.40. The molecule has 13 heavy (non-hydrogen) atoms. The molecule has 0 saturated heterocycles. The molecule has 0 aliphatic carbocycles. The van der Waals surface area contributed by atoms with Crippen molar-refractivity contribution in [3.63, 3.8) is 0 Å². The van der Waals surface area contributed by atoms with E-state index in [1.807, 2.05) is 0 Å². The lowest BCUT2D eigenvalue weighted by molar-refractivity contribution is 0.0935. The second-order valence-corrected chi connectivity index (χ2v) is 2.70. The summed E-state index contributed by atoms with van der Waals surface area (Å²) in [4.78, 5) is 3.95. The maximum absolute atomic E-state index is 8.96. The van der Waals surface area contributed by atoms with Crippen molar-refractivity contribution in [1.82, 2.24) is 15.5 Å². The van der Waals surface area contributed by atoms with Crippen molar-refractivity contribution in [3.8, 4) is 0 Å². The van der Waals surface area contributed by atoms with Crippen molar-refractivity contribution >= 4 is 0 Å². The molecule has 6 nitrogen and oxygen atoms in total. The highest BCUT2D eigenvalue weighted by Gasteiger charge is 2.04. The second kappa shape index (κ2) is 4.90. The van der Waals surface area contributed by atoms with E-state index in [4.69, 9.17) is 14.7 Å². The summed E-state index contributed by atoms with van der Waals surface area (Å²) in [6.45, 7) is 2.18. The largest absolute Gasteiger partial charge is 0.394 e. The van der Waals surface area contributed by atoms with E-state index in [-0.39, 0.29) is 6.61 Å². The smallest absolute Gasteiger partial charge is 0.240 e. The molecule has 0 bridgehead atoms. The molecule has 0 radical (unpaired) electrons. The summed E-state index contributed by atoms with van der Waals surface area (Å²) in [5.41, 5.74) is 0. The van der Waals surface area contributed by atoms with Crippen LogP contribution in [0.4, 0.5) is 0 Å². The predicted molar refractivity (Wildman–Crippen MR) is 43.8 cm³/mol. The highest BCUT2D eigenvalue weighted by Crippen LogP contribution is 1.94. The van der Waals surface area contributed by atoms with Gasteiger partial charge in [0, 0.05) is 6.54 Å². The second-order valence-electron chi connectivity index (χ2n) is 2.70. The van der Waals surface area contributed by atoms with Crippen LogP contribution in [0.15, 0.2) is 4.52 Å². The van der Waals surface area contributed by atoms with Gasteiger partial charge in [-0.2, -0.15) is 4.98 Å². The van der Waals surface area contributed by atoms with Crippen LogP contribution in [0.25, 0.3) is 0 Å². The number of hydrogen-bond donors (Lipinski definition) is 3. The number of nitrogens with zero attached hydrogens (tertiary/aromatic N) is 2. The summed E-state index contributed by atoms with van der Waals surface area (Å²) in [5.74, 6) is 1.06. The Morgan fingerprint density at radius 2 is 2.38 bits per heavy atom. The van der Waals surface area contributed by atoms with Gasteiger partial charge in [0.2, 0.25) is 5.89 Å². The van der Waals surface area contributed by atoms with Gasteiger partial charge in [0.05, 0.1) is 19.3 Å². The summed E-state index contributed by atoms with van der Waals surface area (Å²) in [7, 11) is 0. The van der Waals surface area contributed by atoms with E-state index < -0.39 is 6.10 Å². The lowest BCUT2D eigenvalue weighted by atomic mass is 10.4. The van der Waals surface area contributed by atoms with E-state index >= 15 is 0 Å². The van der Waals surface area contributed by atoms with Gasteiger partial charge in [0.15, 0.2) is 5.82 Å². The number of aliphatic hydroxyl groups excluding tert-OH is 2. The van der Waals surface area contributed by atoms with Crippen molar-refractivity contribution in [2.75, 3.05) is 13.2 Å². The van der Waals surface area contributed by atoms with Crippen molar-refractivity contribution in [2.24, 2.45) is 0 Å². The lowest BCUT2D eigenvalue weighted by Gasteiger charge is -2.05. The molecule has 0 amide bonds. The van der Waals surface area contributed by atoms with Crippen LogP contribution >= 0.6 is 0 Å². The Bertz CT molecular complexity index is 251. The fourth-order valence-corrected chi connectivity index (χ4v) is 0.822. The number of aryl methyl sites for hydroxylation is 1. The fourth-order valence-electron chi connectivity index (χ4n) is 0.822. The van der Waals surface area contributed by atoms with Gasteiger partial charge < -0.3 is 20.1 Å². The van der Waals surface area contributed by atoms with Crippen LogP contribution in [0.2, 0.25) is 0 Å². The summed E-state index contributed by atoms with van der Waals surface area (Å²) >= 11 is 0. The first-order valence-electron chi connectivity index (χ1n) is 4.01. The summed E-state index contributed by atoms with van der Waals surface area (Å²) in [6, 6.07) is 0. The molecule has 0 aliphatic heterocycles. The molecule has 74 valence electrons. The Labute approximate surface area is 75.6 Å². The van der Waals surface area contributed by atoms with E-state index in [2.05, 4.69) is 15.5 Å². The first kappa shape index (κ1) is 10.1. The van der Waals surface area contributed by atoms with E-state index in [0.29, 0.717) is 24.8 Å². The quantitative estimate of drug-likeness (QED) is 0.537. The van der Waals surface area contributed by atoms with Gasteiger partial charge in [-0.25, -0.2) is 0 Å². The van der Waals surface area contributed by atoms with Crippen LogP contribution in [0, 0.1) is 6.92 Å². The molecule has 0 aliphatic rings. The number of rotatable bonds is 5. The van der Waals surface area contributed by atoms with Gasteiger partial charge in [0.25, 0.3) is 0 Å². The van der Waals surface area contributed by atoms with Crippen molar-refractivity contribution in [2.45, 2.75) is 19.6 Å². The molecule has 1 heterocycles. The van der Waals surface area contributed by atoms with E-state index in [1.54, 1.807) is 6.92 Å². The maximum atomic E-state index is 8.96. The minimum atomic E-state index is -0.746. The van der Waals surface area contributed by atoms with Crippen LogP contribution in [-0.4, -0.2) is 39.6 Å². The average Bonchev–Trinajstić information content (AvgIpc) is 2.51. The molecule has 0 spiro atoms. The van der Waals surface area contributed by atoms with Gasteiger partial charge in [-0.1, -0.05) is 5.16 Å². The molecule has 0 aromatic carbocycles. The summed E-state index contributed by atoms with van der Waals surface area (Å²) in [6.07, 6.45) is -0.746. The molecule has 6 heteroatoms. The van der Waals surface area contributed by atoms with Gasteiger partial charge in [0.1, 0.15) is 0 Å². The number of aromatic nitrogens is 2. The minimum absolute atomic E-state index is 0.254. The predicted octanol–water partition coefficient (Wildman–Crippen LogP) is -1.18. The zero-order valence-corrected chi connectivity index (χ0v) is 7.40. The Morgan fingerprint density at radius 1 is 1.62 bits per heavy atom. The highest BCUT2D eigenvalue weighted by molar-refractivity contribution is 4.81. The van der Waals surface area contributed by atoms with Crippen LogP contribution in [0.5, 0.6) is 0 Å². The topological polar surface area (TPSA) is 91.4 Å². The third-order valence-corrected chi connectivity index (χ3v) is 1.44. The number of aliphatic hydroxyl groups is 2. The monoisotopic (exact) mass is 187 g/mol. The molecule has 1 aromatic rings. The third-order valence-electron chi connectivity index (χ3n) is 1.44. The molecular weight excluding hydrogens is 174 g/mol. The van der Waals surface area contributed by atoms with Crippen molar-refractivity contribution in [3.05, 3.63) is 11.7 Å². The number of hydrogen-bond acceptors (Lipinski definition) is 6. The minimum Gasteiger partial charge on any atom is -0.394 e. The van der Waals surface area contributed by atoms with E-state index in [0.717, 1.165) is 0 Å². The van der Waals surface area contributed by atoms with Crippen molar-refractivity contribution < 1.29 is 14.7 Å². The van der Waals surface area contributed by atoms with Crippen LogP contribution in [0.1, 0.15) is 11.7 Å². The molecule has 0 saturated carbocycles. The molecule has 1 aromatic heterocycles. The normalized spacial score (nSPS) is 13.2. The maximum Gasteiger partial charge on any atom is 0.240 e. The molecule has 1 rings (SSSR count). The Balaban J connectivity index is 2.20. The van der Waals surface area contributed by atoms with Gasteiger partial charge in [-0.05, 0) is 6.92 Å². The summed E-state index contributed by atoms with van der Waals surface area (Å²) in [5, 5.41) is 23.9. The summed E-state index contributed by atoms with van der Waals surface area (Å²) < 4.78 is 4.81. The Hall–Kier alpha value is -0.980. The average molecular weight is 187 g/mol. The van der Waals surface area contributed by atoms with Crippen molar-refractivity contribution in [1.29, 1.82) is 0 Å². The Kier molecular flexibility index (Phi) is 3.81. The third kappa shape index (κ3) is 3.49. The van der Waals surface area contributed by atoms with Gasteiger partial charge in [-0.3, -0.25) is 0 Å². The fraction of sp³-hybridized carbons (Fsp3) is 0.714. The van der Waals surface area contributed by atoms with Gasteiger partial charge >= 0.3 is 0 Å². The lowest BCUT2D eigenvalue weighted by Crippen LogP contribution is -2.29. The molecular formula is C7H13N3O3. The van der Waals surface area contributed by atoms with E-state index in [9.17, 15) is 0 Å². The highest BCUT2D eigenvalue weighted by atomic mass is 16.5. The zero-order chi connectivity index (χ0) is 9.68. The van der Waals surface area contributed by atoms with E-state index in [1.165, 1.54) is 0 Å². The van der Waals surface area contributed by atoms with Crippen LogP contribution in [-0.2, 0) is 6.54 Å². The molecule has 0 fully saturated rings. The molecule has 1 unspecified atom stereocenters. The molecule has 3 N–H and O–H groups in total. The first-order valence-corrected chi connectivity index (χ1v) is 4.01. The number of nitrogens with one attached hydrogen (secondary N) is 1. The van der Waals surface area contributed by atoms with Crippen LogP contribution in [0.3, 0.4) is 0 Å². The SMILES string of the molecule is Cc1noc(CNCC(O)CO)n1. The van der Waals surface area contributed by atoms with Crippen LogP contribution < -0.4 is 5.32 Å². The first-order chi connectivity index (χ1) is 6.22. The Morgan fingerprint density at radius 3 is 2.92 bits per heavy atom. The van der Waals surface area contributed by atoms with Gasteiger partial charge in [-0.15, -0.1) is 0 Å². The molecule has 1 atom stereocenters.